The molecule has 1 atom stereocenters. The third kappa shape index (κ3) is 4.40. The summed E-state index contributed by atoms with van der Waals surface area (Å²) in [7, 11) is 0. The van der Waals surface area contributed by atoms with Crippen LogP contribution in [0, 0.1) is 0 Å². The average Bonchev–Trinajstić information content (AvgIpc) is 2.97. The fraction of sp³-hybridized carbons (Fsp3) is 0.182. The van der Waals surface area contributed by atoms with Gasteiger partial charge in [0.25, 0.3) is 0 Å². The number of urea groups is 1. The Morgan fingerprint density at radius 2 is 1.69 bits per heavy atom. The van der Waals surface area contributed by atoms with Crippen molar-refractivity contribution in [3.63, 3.8) is 0 Å². The molecule has 3 aromatic rings. The van der Waals surface area contributed by atoms with E-state index in [4.69, 9.17) is 0 Å². The number of rotatable bonds is 3. The van der Waals surface area contributed by atoms with Crippen LogP contribution in [-0.2, 0) is 4.79 Å². The van der Waals surface area contributed by atoms with Gasteiger partial charge < -0.3 is 10.2 Å². The first kappa shape index (κ1) is 18.6. The summed E-state index contributed by atoms with van der Waals surface area (Å²) in [5, 5.41) is 14.0. The predicted molar refractivity (Wildman–Crippen MR) is 110 cm³/mol. The van der Waals surface area contributed by atoms with E-state index in [-0.39, 0.29) is 24.4 Å². The lowest BCUT2D eigenvalue weighted by atomic mass is 10.0. The second-order valence-electron chi connectivity index (χ2n) is 6.77. The van der Waals surface area contributed by atoms with Crippen molar-refractivity contribution < 1.29 is 9.59 Å². The molecule has 0 saturated carbocycles. The van der Waals surface area contributed by atoms with Crippen LogP contribution in [0.3, 0.4) is 0 Å². The highest BCUT2D eigenvalue weighted by Crippen LogP contribution is 2.26. The maximum Gasteiger partial charge on any atom is 0.323 e. The van der Waals surface area contributed by atoms with Crippen LogP contribution in [0.4, 0.5) is 10.6 Å². The molecule has 146 valence electrons. The first-order chi connectivity index (χ1) is 14.2. The molecule has 29 heavy (non-hydrogen) atoms. The van der Waals surface area contributed by atoms with Gasteiger partial charge in [-0.3, -0.25) is 10.1 Å². The summed E-state index contributed by atoms with van der Waals surface area (Å²) in [4.78, 5) is 26.7. The molecular weight excluding hydrogens is 366 g/mol. The predicted octanol–water partition coefficient (Wildman–Crippen LogP) is 3.24. The van der Waals surface area contributed by atoms with E-state index in [1.807, 2.05) is 66.7 Å². The third-order valence-electron chi connectivity index (χ3n) is 4.84. The van der Waals surface area contributed by atoms with Gasteiger partial charge in [-0.2, -0.15) is 0 Å². The lowest BCUT2D eigenvalue weighted by Gasteiger charge is -2.29. The normalized spacial score (nSPS) is 16.6. The standard InChI is InChI=1S/C22H21N5O2/c28-21-15-19(17-9-5-2-6-10-17)27(14-13-23-21)22(29)24-20-12-11-18(25-26-20)16-7-3-1-4-8-16/h1-12,19H,13-15H2,(H,23,28)(H,24,26,29)/t19-/m0/s1. The van der Waals surface area contributed by atoms with Gasteiger partial charge in [-0.05, 0) is 17.7 Å². The number of aromatic nitrogens is 2. The molecule has 1 aliphatic rings. The second-order valence-corrected chi connectivity index (χ2v) is 6.77. The van der Waals surface area contributed by atoms with Gasteiger partial charge >= 0.3 is 6.03 Å². The van der Waals surface area contributed by atoms with Crippen molar-refractivity contribution in [1.82, 2.24) is 20.4 Å². The van der Waals surface area contributed by atoms with E-state index in [0.717, 1.165) is 16.8 Å². The molecule has 7 heteroatoms. The summed E-state index contributed by atoms with van der Waals surface area (Å²) in [6.45, 7) is 0.820. The lowest BCUT2D eigenvalue weighted by molar-refractivity contribution is -0.121. The highest BCUT2D eigenvalue weighted by Gasteiger charge is 2.30. The zero-order chi connectivity index (χ0) is 20.1. The highest BCUT2D eigenvalue weighted by atomic mass is 16.2. The fourth-order valence-corrected chi connectivity index (χ4v) is 3.39. The van der Waals surface area contributed by atoms with Gasteiger partial charge in [0.05, 0.1) is 18.2 Å². The number of amides is 3. The lowest BCUT2D eigenvalue weighted by Crippen LogP contribution is -2.39. The van der Waals surface area contributed by atoms with E-state index in [1.165, 1.54) is 0 Å². The van der Waals surface area contributed by atoms with Crippen LogP contribution in [0.25, 0.3) is 11.3 Å². The van der Waals surface area contributed by atoms with E-state index < -0.39 is 0 Å². The minimum atomic E-state index is -0.338. The summed E-state index contributed by atoms with van der Waals surface area (Å²) in [6, 6.07) is 22.2. The minimum absolute atomic E-state index is 0.0684. The summed E-state index contributed by atoms with van der Waals surface area (Å²) in [5.41, 5.74) is 2.61. The molecule has 4 rings (SSSR count). The Morgan fingerprint density at radius 3 is 2.38 bits per heavy atom. The number of hydrogen-bond acceptors (Lipinski definition) is 4. The average molecular weight is 387 g/mol. The summed E-state index contributed by atoms with van der Waals surface area (Å²) >= 11 is 0. The Balaban J connectivity index is 1.52. The van der Waals surface area contributed by atoms with Crippen LogP contribution in [0.2, 0.25) is 0 Å². The van der Waals surface area contributed by atoms with Crippen LogP contribution >= 0.6 is 0 Å². The van der Waals surface area contributed by atoms with Crippen molar-refractivity contribution in [3.05, 3.63) is 78.4 Å². The number of nitrogens with zero attached hydrogens (tertiary/aromatic N) is 3. The zero-order valence-electron chi connectivity index (χ0n) is 15.8. The number of carbonyl (C=O) groups is 2. The molecular formula is C22H21N5O2. The Hall–Kier alpha value is -3.74. The van der Waals surface area contributed by atoms with Crippen LogP contribution in [0.1, 0.15) is 18.0 Å². The Kier molecular flexibility index (Phi) is 5.47. The monoisotopic (exact) mass is 387 g/mol. The molecule has 0 radical (unpaired) electrons. The van der Waals surface area contributed by atoms with Crippen molar-refractivity contribution in [3.8, 4) is 11.3 Å². The molecule has 2 N–H and O–H groups in total. The van der Waals surface area contributed by atoms with Crippen LogP contribution in [-0.4, -0.2) is 40.1 Å². The van der Waals surface area contributed by atoms with Gasteiger partial charge in [-0.25, -0.2) is 4.79 Å². The molecule has 2 heterocycles. The molecule has 3 amide bonds. The highest BCUT2D eigenvalue weighted by molar-refractivity contribution is 5.89. The smallest absolute Gasteiger partial charge is 0.323 e. The maximum atomic E-state index is 13.0. The fourth-order valence-electron chi connectivity index (χ4n) is 3.39. The van der Waals surface area contributed by atoms with Crippen molar-refractivity contribution in [2.45, 2.75) is 12.5 Å². The van der Waals surface area contributed by atoms with Crippen molar-refractivity contribution in [2.75, 3.05) is 18.4 Å². The quantitative estimate of drug-likeness (QED) is 0.722. The van der Waals surface area contributed by atoms with Crippen molar-refractivity contribution >= 4 is 17.8 Å². The molecule has 0 unspecified atom stereocenters. The Labute approximate surface area is 168 Å². The molecule has 0 spiro atoms. The number of benzene rings is 2. The maximum absolute atomic E-state index is 13.0. The number of hydrogen-bond donors (Lipinski definition) is 2. The molecule has 1 saturated heterocycles. The van der Waals surface area contributed by atoms with Gasteiger partial charge in [-0.15, -0.1) is 10.2 Å². The number of anilines is 1. The van der Waals surface area contributed by atoms with Gasteiger partial charge in [0.15, 0.2) is 5.82 Å². The van der Waals surface area contributed by atoms with Crippen molar-refractivity contribution in [2.24, 2.45) is 0 Å². The van der Waals surface area contributed by atoms with Gasteiger partial charge in [0, 0.05) is 18.7 Å². The molecule has 1 aromatic heterocycles. The van der Waals surface area contributed by atoms with Gasteiger partial charge in [0.2, 0.25) is 5.91 Å². The Bertz CT molecular complexity index is 977. The van der Waals surface area contributed by atoms with Crippen LogP contribution < -0.4 is 10.6 Å². The Morgan fingerprint density at radius 1 is 0.966 bits per heavy atom. The van der Waals surface area contributed by atoms with E-state index in [0.29, 0.717) is 18.9 Å². The summed E-state index contributed by atoms with van der Waals surface area (Å²) in [6.07, 6.45) is 0.218. The van der Waals surface area contributed by atoms with E-state index in [9.17, 15) is 9.59 Å². The second kappa shape index (κ2) is 8.52. The van der Waals surface area contributed by atoms with Crippen LogP contribution in [0.15, 0.2) is 72.8 Å². The van der Waals surface area contributed by atoms with E-state index >= 15 is 0 Å². The summed E-state index contributed by atoms with van der Waals surface area (Å²) < 4.78 is 0. The first-order valence-corrected chi connectivity index (χ1v) is 9.49. The third-order valence-corrected chi connectivity index (χ3v) is 4.84. The molecule has 1 aliphatic heterocycles. The minimum Gasteiger partial charge on any atom is -0.354 e. The number of carbonyl (C=O) groups excluding carboxylic acids is 2. The van der Waals surface area contributed by atoms with Gasteiger partial charge in [0.1, 0.15) is 0 Å². The zero-order valence-corrected chi connectivity index (χ0v) is 15.8. The SMILES string of the molecule is O=C1C[C@@H](c2ccccc2)N(C(=O)Nc2ccc(-c3ccccc3)nn2)CCN1. The molecule has 2 aromatic carbocycles. The molecule has 7 nitrogen and oxygen atoms in total. The molecule has 1 fully saturated rings. The van der Waals surface area contributed by atoms with Crippen molar-refractivity contribution in [1.29, 1.82) is 0 Å². The first-order valence-electron chi connectivity index (χ1n) is 9.49. The topological polar surface area (TPSA) is 87.2 Å². The number of nitrogens with one attached hydrogen (secondary N) is 2. The largest absolute Gasteiger partial charge is 0.354 e. The van der Waals surface area contributed by atoms with Gasteiger partial charge in [-0.1, -0.05) is 60.7 Å². The van der Waals surface area contributed by atoms with Crippen LogP contribution in [0.5, 0.6) is 0 Å². The van der Waals surface area contributed by atoms with E-state index in [2.05, 4.69) is 20.8 Å². The summed E-state index contributed by atoms with van der Waals surface area (Å²) in [5.74, 6) is 0.297. The molecule has 0 bridgehead atoms. The van der Waals surface area contributed by atoms with E-state index in [1.54, 1.807) is 11.0 Å². The molecule has 0 aliphatic carbocycles.